The number of nitriles is 5. The van der Waals surface area contributed by atoms with Crippen LogP contribution in [0, 0.1) is 56.7 Å². The Balaban J connectivity index is 1.25. The monoisotopic (exact) mass is 835 g/mol. The highest BCUT2D eigenvalue weighted by Gasteiger charge is 2.30. The van der Waals surface area contributed by atoms with Gasteiger partial charge in [0.05, 0.1) is 58.2 Å². The lowest BCUT2D eigenvalue weighted by molar-refractivity contribution is 0.480. The van der Waals surface area contributed by atoms with Gasteiger partial charge in [0.25, 0.3) is 0 Å². The van der Waals surface area contributed by atoms with Crippen LogP contribution in [0.25, 0.3) is 53.9 Å². The summed E-state index contributed by atoms with van der Waals surface area (Å²) in [6.45, 7) is 0. The van der Waals surface area contributed by atoms with Gasteiger partial charge in [-0.05, 0) is 152 Å². The van der Waals surface area contributed by atoms with Crippen molar-refractivity contribution in [1.82, 2.24) is 0 Å². The van der Waals surface area contributed by atoms with Crippen molar-refractivity contribution in [2.45, 2.75) is 0 Å². The predicted octanol–water partition coefficient (Wildman–Crippen LogP) is 14.1. The Hall–Kier alpha value is -10.1. The summed E-state index contributed by atoms with van der Waals surface area (Å²) < 4.78 is 33.8. The van der Waals surface area contributed by atoms with Crippen LogP contribution in [-0.2, 0) is 0 Å². The normalized spacial score (nSPS) is 11.0. The van der Waals surface area contributed by atoms with Crippen molar-refractivity contribution in [1.29, 1.82) is 26.3 Å². The minimum Gasteiger partial charge on any atom is -0.457 e. The Bertz CT molecular complexity index is 3250. The minimum absolute atomic E-state index is 0.485. The molecule has 0 amide bonds. The molecule has 0 spiro atoms. The largest absolute Gasteiger partial charge is 0.457 e. The van der Waals surface area contributed by atoms with Crippen molar-refractivity contribution in [3.8, 4) is 87.8 Å². The molecule has 0 unspecified atom stereocenters. The van der Waals surface area contributed by atoms with Crippen LogP contribution in [0.15, 0.2) is 152 Å². The van der Waals surface area contributed by atoms with Gasteiger partial charge in [-0.2, -0.15) is 26.3 Å². The summed E-state index contributed by atoms with van der Waals surface area (Å²) in [4.78, 5) is 0. The maximum atomic E-state index is 9.55. The van der Waals surface area contributed by atoms with E-state index in [0.717, 1.165) is 53.9 Å². The SMILES string of the molecule is N#Cc1ccc(Oc2cc3c(Oc4ccc(C#N)cc4)cc4c(Oc5ccc(C#N)cc5)cc5c(Oc6ccc(C#N)cc6)cc6c(Oc7ccc(C#N)cc7)cc2c2c6c5c4c32)cc1. The highest BCUT2D eigenvalue weighted by Crippen LogP contribution is 2.59. The molecule has 0 N–H and O–H groups in total. The first kappa shape index (κ1) is 37.9. The topological polar surface area (TPSA) is 165 Å². The summed E-state index contributed by atoms with van der Waals surface area (Å²) in [7, 11) is 0. The second-order valence-corrected chi connectivity index (χ2v) is 15.2. The van der Waals surface area contributed by atoms with E-state index in [1.807, 2.05) is 30.3 Å². The summed E-state index contributed by atoms with van der Waals surface area (Å²) in [5.74, 6) is 4.94. The molecule has 0 aliphatic heterocycles. The van der Waals surface area contributed by atoms with Gasteiger partial charge in [0.1, 0.15) is 57.5 Å². The van der Waals surface area contributed by atoms with E-state index in [9.17, 15) is 26.3 Å². The molecule has 0 atom stereocenters. The molecule has 300 valence electrons. The van der Waals surface area contributed by atoms with Crippen molar-refractivity contribution in [3.63, 3.8) is 0 Å². The lowest BCUT2D eigenvalue weighted by Crippen LogP contribution is -1.93. The van der Waals surface area contributed by atoms with E-state index in [2.05, 4.69) is 30.3 Å². The summed E-state index contributed by atoms with van der Waals surface area (Å²) in [5.41, 5.74) is 2.43. The zero-order valence-electron chi connectivity index (χ0n) is 33.7. The van der Waals surface area contributed by atoms with Crippen LogP contribution in [0.3, 0.4) is 0 Å². The van der Waals surface area contributed by atoms with E-state index in [1.54, 1.807) is 121 Å². The van der Waals surface area contributed by atoms with Crippen molar-refractivity contribution in [2.75, 3.05) is 0 Å². The van der Waals surface area contributed by atoms with Crippen LogP contribution in [0.1, 0.15) is 27.8 Å². The van der Waals surface area contributed by atoms with Crippen molar-refractivity contribution in [3.05, 3.63) is 179 Å². The third-order valence-electron chi connectivity index (χ3n) is 11.4. The molecular formula is C55H25N5O5. The molecule has 0 radical (unpaired) electrons. The van der Waals surface area contributed by atoms with E-state index >= 15 is 0 Å². The quantitative estimate of drug-likeness (QED) is 0.121. The summed E-state index contributed by atoms with van der Waals surface area (Å²) in [6.07, 6.45) is 0. The molecule has 0 heterocycles. The van der Waals surface area contributed by atoms with Gasteiger partial charge < -0.3 is 23.7 Å². The lowest BCUT2D eigenvalue weighted by Gasteiger charge is -2.17. The van der Waals surface area contributed by atoms with Gasteiger partial charge in [-0.15, -0.1) is 0 Å². The average molecular weight is 836 g/mol. The number of nitrogens with zero attached hydrogens (tertiary/aromatic N) is 5. The Morgan fingerprint density at radius 1 is 0.231 bits per heavy atom. The smallest absolute Gasteiger partial charge is 0.136 e. The van der Waals surface area contributed by atoms with Crippen LogP contribution in [0.5, 0.6) is 57.5 Å². The Kier molecular flexibility index (Phi) is 8.83. The molecular weight excluding hydrogens is 811 g/mol. The Labute approximate surface area is 369 Å². The summed E-state index contributed by atoms with van der Waals surface area (Å²) in [6, 6.07) is 54.9. The molecule has 11 aromatic carbocycles. The summed E-state index contributed by atoms with van der Waals surface area (Å²) >= 11 is 0. The van der Waals surface area contributed by atoms with Gasteiger partial charge in [-0.1, -0.05) is 0 Å². The molecule has 0 bridgehead atoms. The van der Waals surface area contributed by atoms with Crippen LogP contribution in [0.4, 0.5) is 0 Å². The number of ether oxygens (including phenoxy) is 5. The Morgan fingerprint density at radius 2 is 0.385 bits per heavy atom. The highest BCUT2D eigenvalue weighted by atomic mass is 16.5. The zero-order valence-corrected chi connectivity index (χ0v) is 33.7. The third-order valence-corrected chi connectivity index (χ3v) is 11.4. The van der Waals surface area contributed by atoms with Crippen molar-refractivity contribution >= 4 is 53.9 Å². The second-order valence-electron chi connectivity index (χ2n) is 15.2. The van der Waals surface area contributed by atoms with Gasteiger partial charge in [0, 0.05) is 53.9 Å². The first-order valence-electron chi connectivity index (χ1n) is 20.2. The molecule has 0 saturated heterocycles. The fourth-order valence-electron chi connectivity index (χ4n) is 8.39. The summed E-state index contributed by atoms with van der Waals surface area (Å²) in [5, 5.41) is 55.7. The van der Waals surface area contributed by atoms with Crippen LogP contribution in [0.2, 0.25) is 0 Å². The van der Waals surface area contributed by atoms with Gasteiger partial charge in [0.15, 0.2) is 0 Å². The number of hydrogen-bond donors (Lipinski definition) is 0. The minimum atomic E-state index is 0.485. The molecule has 0 aromatic heterocycles. The maximum Gasteiger partial charge on any atom is 0.136 e. The van der Waals surface area contributed by atoms with Gasteiger partial charge in [-0.25, -0.2) is 0 Å². The van der Waals surface area contributed by atoms with Crippen molar-refractivity contribution in [2.24, 2.45) is 0 Å². The standard InChI is InChI=1S/C55H25N5O5/c56-26-31-1-11-36(12-2-31)61-46-21-42-48(63-38-15-5-33(28-58)6-16-38)23-44-50(65-40-19-9-35(30-60)10-20-40)25-45-49(64-39-17-7-34(29-59)8-18-39)24-43-47(62-37-13-3-32(27-57)4-14-37)22-41(46)51-52(42)54(44)55(45)53(43)51/h1-25H. The highest BCUT2D eigenvalue weighted by molar-refractivity contribution is 6.47. The van der Waals surface area contributed by atoms with Crippen LogP contribution in [-0.4, -0.2) is 0 Å². The molecule has 0 aliphatic rings. The molecule has 11 aromatic rings. The first-order valence-corrected chi connectivity index (χ1v) is 20.2. The molecule has 10 nitrogen and oxygen atoms in total. The van der Waals surface area contributed by atoms with E-state index in [-0.39, 0.29) is 0 Å². The predicted molar refractivity (Wildman–Crippen MR) is 244 cm³/mol. The maximum absolute atomic E-state index is 9.55. The van der Waals surface area contributed by atoms with E-state index in [1.165, 1.54) is 0 Å². The molecule has 0 saturated carbocycles. The molecule has 11 rings (SSSR count). The van der Waals surface area contributed by atoms with Gasteiger partial charge in [0.2, 0.25) is 0 Å². The number of rotatable bonds is 10. The Morgan fingerprint density at radius 3 is 0.523 bits per heavy atom. The fourth-order valence-corrected chi connectivity index (χ4v) is 8.39. The van der Waals surface area contributed by atoms with Crippen LogP contribution >= 0.6 is 0 Å². The molecule has 65 heavy (non-hydrogen) atoms. The van der Waals surface area contributed by atoms with Gasteiger partial charge in [-0.3, -0.25) is 0 Å². The van der Waals surface area contributed by atoms with E-state index in [4.69, 9.17) is 23.7 Å². The fraction of sp³-hybridized carbons (Fsp3) is 0. The van der Waals surface area contributed by atoms with E-state index in [0.29, 0.717) is 85.3 Å². The first-order chi connectivity index (χ1) is 31.9. The van der Waals surface area contributed by atoms with Gasteiger partial charge >= 0.3 is 0 Å². The van der Waals surface area contributed by atoms with E-state index < -0.39 is 0 Å². The average Bonchev–Trinajstić information content (AvgIpc) is 3.71. The number of benzene rings is 10. The molecule has 0 fully saturated rings. The molecule has 0 aliphatic carbocycles. The number of hydrogen-bond acceptors (Lipinski definition) is 10. The zero-order chi connectivity index (χ0) is 44.2. The lowest BCUT2D eigenvalue weighted by atomic mass is 9.97. The van der Waals surface area contributed by atoms with Crippen LogP contribution < -0.4 is 23.7 Å². The molecule has 10 heteroatoms. The van der Waals surface area contributed by atoms with Crippen molar-refractivity contribution < 1.29 is 23.7 Å². The second kappa shape index (κ2) is 15.1. The third kappa shape index (κ3) is 6.48.